The lowest BCUT2D eigenvalue weighted by atomic mass is 9.81. The molecule has 0 saturated carbocycles. The lowest BCUT2D eigenvalue weighted by Gasteiger charge is -2.27. The SMILES string of the molecule is CCC#Cc1cccc(C2(c3ccc(OC(F)F)c(C)c3)N=C(N)N(C)C2=O)c1. The van der Waals surface area contributed by atoms with Gasteiger partial charge >= 0.3 is 6.61 Å². The molecule has 0 aliphatic carbocycles. The minimum Gasteiger partial charge on any atom is -0.435 e. The van der Waals surface area contributed by atoms with Gasteiger partial charge < -0.3 is 10.5 Å². The van der Waals surface area contributed by atoms with Gasteiger partial charge in [0.1, 0.15) is 5.75 Å². The maximum absolute atomic E-state index is 13.3. The number of halogens is 2. The summed E-state index contributed by atoms with van der Waals surface area (Å²) >= 11 is 0. The zero-order valence-electron chi connectivity index (χ0n) is 16.4. The summed E-state index contributed by atoms with van der Waals surface area (Å²) < 4.78 is 29.8. The molecule has 0 spiro atoms. The largest absolute Gasteiger partial charge is 0.435 e. The summed E-state index contributed by atoms with van der Waals surface area (Å²) in [5, 5.41) is 0. The number of guanidine groups is 1. The minimum atomic E-state index is -2.93. The molecule has 0 fully saturated rings. The first-order chi connectivity index (χ1) is 13.8. The Morgan fingerprint density at radius 2 is 1.97 bits per heavy atom. The molecule has 2 aromatic rings. The number of carbonyl (C=O) groups is 1. The number of likely N-dealkylation sites (N-methyl/N-ethyl adjacent to an activating group) is 1. The van der Waals surface area contributed by atoms with Crippen LogP contribution < -0.4 is 10.5 Å². The van der Waals surface area contributed by atoms with Crippen LogP contribution in [0.2, 0.25) is 0 Å². The molecule has 0 saturated heterocycles. The van der Waals surface area contributed by atoms with Crippen LogP contribution in [0, 0.1) is 18.8 Å². The summed E-state index contributed by atoms with van der Waals surface area (Å²) in [6.45, 7) is 0.647. The Labute approximate surface area is 168 Å². The maximum Gasteiger partial charge on any atom is 0.387 e. The van der Waals surface area contributed by atoms with Gasteiger partial charge in [-0.15, -0.1) is 0 Å². The second-order valence-electron chi connectivity index (χ2n) is 6.64. The second kappa shape index (κ2) is 7.92. The van der Waals surface area contributed by atoms with Crippen LogP contribution in [0.5, 0.6) is 5.75 Å². The molecule has 1 atom stereocenters. The van der Waals surface area contributed by atoms with Gasteiger partial charge in [0.25, 0.3) is 5.91 Å². The molecule has 2 aromatic carbocycles. The Hall–Kier alpha value is -3.40. The fourth-order valence-corrected chi connectivity index (χ4v) is 3.30. The average Bonchev–Trinajstić information content (AvgIpc) is 2.93. The van der Waals surface area contributed by atoms with Gasteiger partial charge in [0.15, 0.2) is 11.5 Å². The fourth-order valence-electron chi connectivity index (χ4n) is 3.30. The molecule has 1 heterocycles. The van der Waals surface area contributed by atoms with Crippen molar-refractivity contribution in [2.24, 2.45) is 10.7 Å². The highest BCUT2D eigenvalue weighted by atomic mass is 19.3. The van der Waals surface area contributed by atoms with Gasteiger partial charge in [-0.25, -0.2) is 4.99 Å². The van der Waals surface area contributed by atoms with Crippen molar-refractivity contribution in [2.75, 3.05) is 7.05 Å². The third kappa shape index (κ3) is 3.66. The highest BCUT2D eigenvalue weighted by molar-refractivity contribution is 6.09. The van der Waals surface area contributed by atoms with E-state index in [4.69, 9.17) is 5.73 Å². The molecule has 150 valence electrons. The van der Waals surface area contributed by atoms with E-state index in [2.05, 4.69) is 21.6 Å². The summed E-state index contributed by atoms with van der Waals surface area (Å²) in [6, 6.07) is 11.8. The first-order valence-electron chi connectivity index (χ1n) is 9.08. The number of rotatable bonds is 4. The number of hydrogen-bond acceptors (Lipinski definition) is 4. The van der Waals surface area contributed by atoms with Gasteiger partial charge in [0.05, 0.1) is 0 Å². The first-order valence-corrected chi connectivity index (χ1v) is 9.08. The smallest absolute Gasteiger partial charge is 0.387 e. The molecule has 1 aliphatic heterocycles. The topological polar surface area (TPSA) is 67.9 Å². The molecule has 2 N–H and O–H groups in total. The lowest BCUT2D eigenvalue weighted by molar-refractivity contribution is -0.129. The van der Waals surface area contributed by atoms with Crippen molar-refractivity contribution < 1.29 is 18.3 Å². The monoisotopic (exact) mass is 397 g/mol. The molecule has 3 rings (SSSR count). The number of nitrogens with zero attached hydrogens (tertiary/aromatic N) is 2. The van der Waals surface area contributed by atoms with E-state index in [-0.39, 0.29) is 17.6 Å². The summed E-state index contributed by atoms with van der Waals surface area (Å²) in [6.07, 6.45) is 0.701. The van der Waals surface area contributed by atoms with Gasteiger partial charge in [-0.3, -0.25) is 9.69 Å². The van der Waals surface area contributed by atoms with Crippen LogP contribution >= 0.6 is 0 Å². The molecule has 1 unspecified atom stereocenters. The van der Waals surface area contributed by atoms with E-state index in [1.807, 2.05) is 13.0 Å². The average molecular weight is 397 g/mol. The van der Waals surface area contributed by atoms with Gasteiger partial charge in [-0.05, 0) is 47.9 Å². The number of aryl methyl sites for hydroxylation is 1. The van der Waals surface area contributed by atoms with Gasteiger partial charge in [0, 0.05) is 19.0 Å². The zero-order chi connectivity index (χ0) is 21.2. The van der Waals surface area contributed by atoms with E-state index in [1.54, 1.807) is 44.3 Å². The number of aliphatic imine (C=N–C) groups is 1. The van der Waals surface area contributed by atoms with Crippen LogP contribution in [0.1, 0.15) is 35.6 Å². The third-order valence-corrected chi connectivity index (χ3v) is 4.74. The minimum absolute atomic E-state index is 0.0391. The van der Waals surface area contributed by atoms with Crippen LogP contribution in [0.3, 0.4) is 0 Å². The van der Waals surface area contributed by atoms with E-state index in [0.29, 0.717) is 23.1 Å². The Morgan fingerprint density at radius 3 is 2.55 bits per heavy atom. The standard InChI is InChI=1S/C22H21F2N3O2/c1-4-5-7-15-8-6-9-16(13-15)22(19(28)27(3)21(25)26-22)17-10-11-18(14(2)12-17)29-20(23)24/h6,8-13,20H,4H2,1-3H3,(H2,25,26). The molecule has 0 bridgehead atoms. The van der Waals surface area contributed by atoms with Crippen LogP contribution in [0.15, 0.2) is 47.5 Å². The van der Waals surface area contributed by atoms with Crippen molar-refractivity contribution in [3.63, 3.8) is 0 Å². The number of benzene rings is 2. The highest BCUT2D eigenvalue weighted by Gasteiger charge is 2.49. The molecule has 1 aliphatic rings. The number of alkyl halides is 2. The third-order valence-electron chi connectivity index (χ3n) is 4.74. The van der Waals surface area contributed by atoms with Gasteiger partial charge in [-0.2, -0.15) is 8.78 Å². The van der Waals surface area contributed by atoms with Crippen LogP contribution in [0.25, 0.3) is 0 Å². The zero-order valence-corrected chi connectivity index (χ0v) is 16.4. The second-order valence-corrected chi connectivity index (χ2v) is 6.64. The van der Waals surface area contributed by atoms with E-state index in [1.165, 1.54) is 11.0 Å². The van der Waals surface area contributed by atoms with E-state index >= 15 is 0 Å². The Morgan fingerprint density at radius 1 is 1.24 bits per heavy atom. The quantitative estimate of drug-likeness (QED) is 0.805. The fraction of sp³-hybridized carbons (Fsp3) is 0.273. The maximum atomic E-state index is 13.3. The van der Waals surface area contributed by atoms with Crippen LogP contribution in [-0.4, -0.2) is 30.4 Å². The lowest BCUT2D eigenvalue weighted by Crippen LogP contribution is -2.41. The number of hydrogen-bond donors (Lipinski definition) is 1. The Kier molecular flexibility index (Phi) is 5.55. The van der Waals surface area contributed by atoms with Gasteiger partial charge in [-0.1, -0.05) is 37.0 Å². The number of ether oxygens (including phenoxy) is 1. The predicted molar refractivity (Wildman–Crippen MR) is 107 cm³/mol. The number of nitrogens with two attached hydrogens (primary N) is 1. The van der Waals surface area contributed by atoms with Crippen molar-refractivity contribution in [3.05, 3.63) is 64.7 Å². The normalized spacial score (nSPS) is 18.5. The van der Waals surface area contributed by atoms with Gasteiger partial charge in [0.2, 0.25) is 0 Å². The van der Waals surface area contributed by atoms with E-state index in [9.17, 15) is 13.6 Å². The first kappa shape index (κ1) is 20.3. The van der Waals surface area contributed by atoms with Crippen LogP contribution in [0.4, 0.5) is 8.78 Å². The highest BCUT2D eigenvalue weighted by Crippen LogP contribution is 2.41. The molecule has 1 amide bonds. The van der Waals surface area contributed by atoms with E-state index in [0.717, 1.165) is 5.56 Å². The summed E-state index contributed by atoms with van der Waals surface area (Å²) in [4.78, 5) is 19.1. The number of amides is 1. The molecule has 7 heteroatoms. The summed E-state index contributed by atoms with van der Waals surface area (Å²) in [5.41, 5.74) is 6.86. The molecule has 0 radical (unpaired) electrons. The van der Waals surface area contributed by atoms with Crippen LogP contribution in [-0.2, 0) is 10.3 Å². The van der Waals surface area contributed by atoms with Crippen molar-refractivity contribution in [1.82, 2.24) is 4.90 Å². The van der Waals surface area contributed by atoms with E-state index < -0.39 is 12.2 Å². The number of carbonyl (C=O) groups excluding carboxylic acids is 1. The Bertz CT molecular complexity index is 1040. The summed E-state index contributed by atoms with van der Waals surface area (Å²) in [5.74, 6) is 5.83. The summed E-state index contributed by atoms with van der Waals surface area (Å²) in [7, 11) is 1.55. The molecule has 5 nitrogen and oxygen atoms in total. The molecule has 29 heavy (non-hydrogen) atoms. The van der Waals surface area contributed by atoms with Crippen molar-refractivity contribution >= 4 is 11.9 Å². The molecular weight excluding hydrogens is 376 g/mol. The molecule has 0 aromatic heterocycles. The predicted octanol–water partition coefficient (Wildman–Crippen LogP) is 3.39. The molecular formula is C22H21F2N3O2. The van der Waals surface area contributed by atoms with Crippen molar-refractivity contribution in [2.45, 2.75) is 32.4 Å². The Balaban J connectivity index is 2.20. The van der Waals surface area contributed by atoms with Crippen molar-refractivity contribution in [3.8, 4) is 17.6 Å². The van der Waals surface area contributed by atoms with Crippen molar-refractivity contribution in [1.29, 1.82) is 0 Å².